The van der Waals surface area contributed by atoms with Crippen LogP contribution in [0.3, 0.4) is 0 Å². The second-order valence-corrected chi connectivity index (χ2v) is 5.04. The Morgan fingerprint density at radius 3 is 2.65 bits per heavy atom. The van der Waals surface area contributed by atoms with E-state index in [0.717, 1.165) is 5.69 Å². The molecule has 0 radical (unpaired) electrons. The standard InChI is InChI=1S/C14H13Cl2N3O/c1-8-5-12(17-2)10(7-18-8)14(20)19-13-6-9(15)3-4-11(13)16/h3-7H,1-2H3,(H,17,18)(H,19,20). The first-order valence-electron chi connectivity index (χ1n) is 5.92. The van der Waals surface area contributed by atoms with Crippen LogP contribution in [0.2, 0.25) is 10.0 Å². The third-order valence-corrected chi connectivity index (χ3v) is 3.30. The maximum atomic E-state index is 12.3. The van der Waals surface area contributed by atoms with Crippen molar-refractivity contribution >= 4 is 40.5 Å². The van der Waals surface area contributed by atoms with E-state index in [1.54, 1.807) is 31.3 Å². The number of rotatable bonds is 3. The average molecular weight is 310 g/mol. The molecule has 2 rings (SSSR count). The van der Waals surface area contributed by atoms with E-state index in [1.807, 2.05) is 6.92 Å². The molecule has 0 saturated carbocycles. The molecule has 0 aliphatic rings. The fourth-order valence-electron chi connectivity index (χ4n) is 1.73. The van der Waals surface area contributed by atoms with E-state index >= 15 is 0 Å². The van der Waals surface area contributed by atoms with Crippen molar-refractivity contribution in [3.63, 3.8) is 0 Å². The summed E-state index contributed by atoms with van der Waals surface area (Å²) in [4.78, 5) is 16.4. The van der Waals surface area contributed by atoms with Gasteiger partial charge in [0.2, 0.25) is 0 Å². The largest absolute Gasteiger partial charge is 0.387 e. The molecule has 1 aromatic heterocycles. The van der Waals surface area contributed by atoms with Gasteiger partial charge in [0, 0.05) is 24.0 Å². The van der Waals surface area contributed by atoms with Crippen molar-refractivity contribution in [1.29, 1.82) is 0 Å². The van der Waals surface area contributed by atoms with Gasteiger partial charge < -0.3 is 10.6 Å². The van der Waals surface area contributed by atoms with Crippen molar-refractivity contribution in [1.82, 2.24) is 4.98 Å². The number of carbonyl (C=O) groups excluding carboxylic acids is 1. The number of aryl methyl sites for hydroxylation is 1. The minimum atomic E-state index is -0.300. The molecule has 2 N–H and O–H groups in total. The summed E-state index contributed by atoms with van der Waals surface area (Å²) in [5, 5.41) is 6.62. The lowest BCUT2D eigenvalue weighted by Crippen LogP contribution is -2.15. The lowest BCUT2D eigenvalue weighted by atomic mass is 10.2. The van der Waals surface area contributed by atoms with Gasteiger partial charge in [-0.05, 0) is 31.2 Å². The molecule has 104 valence electrons. The molecular formula is C14H13Cl2N3O. The van der Waals surface area contributed by atoms with E-state index in [2.05, 4.69) is 15.6 Å². The lowest BCUT2D eigenvalue weighted by Gasteiger charge is -2.11. The Kier molecular flexibility index (Phi) is 4.47. The van der Waals surface area contributed by atoms with Crippen molar-refractivity contribution < 1.29 is 4.79 Å². The number of hydrogen-bond acceptors (Lipinski definition) is 3. The zero-order valence-corrected chi connectivity index (χ0v) is 12.5. The molecule has 0 unspecified atom stereocenters. The summed E-state index contributed by atoms with van der Waals surface area (Å²) in [7, 11) is 1.75. The first-order valence-corrected chi connectivity index (χ1v) is 6.67. The number of halogens is 2. The number of carbonyl (C=O) groups is 1. The number of hydrogen-bond donors (Lipinski definition) is 2. The van der Waals surface area contributed by atoms with Gasteiger partial charge in [-0.3, -0.25) is 9.78 Å². The van der Waals surface area contributed by atoms with Crippen molar-refractivity contribution in [2.45, 2.75) is 6.92 Å². The highest BCUT2D eigenvalue weighted by Crippen LogP contribution is 2.26. The molecule has 0 fully saturated rings. The second kappa shape index (κ2) is 6.11. The highest BCUT2D eigenvalue weighted by atomic mass is 35.5. The Bertz CT molecular complexity index is 659. The normalized spacial score (nSPS) is 10.2. The minimum absolute atomic E-state index is 0.300. The molecule has 2 aromatic rings. The molecule has 0 saturated heterocycles. The summed E-state index contributed by atoms with van der Waals surface area (Å²) in [5.74, 6) is -0.300. The molecule has 0 spiro atoms. The number of benzene rings is 1. The predicted octanol–water partition coefficient (Wildman–Crippen LogP) is 3.99. The predicted molar refractivity (Wildman–Crippen MR) is 82.9 cm³/mol. The van der Waals surface area contributed by atoms with E-state index < -0.39 is 0 Å². The molecule has 0 aliphatic carbocycles. The monoisotopic (exact) mass is 309 g/mol. The van der Waals surface area contributed by atoms with Gasteiger partial charge in [-0.2, -0.15) is 0 Å². The Morgan fingerprint density at radius 2 is 1.95 bits per heavy atom. The van der Waals surface area contributed by atoms with Crippen LogP contribution in [0.15, 0.2) is 30.5 Å². The fourth-order valence-corrected chi connectivity index (χ4v) is 2.07. The molecule has 4 nitrogen and oxygen atoms in total. The summed E-state index contributed by atoms with van der Waals surface area (Å²) in [5.41, 5.74) is 2.43. The number of nitrogens with zero attached hydrogens (tertiary/aromatic N) is 1. The van der Waals surface area contributed by atoms with Crippen LogP contribution in [-0.4, -0.2) is 17.9 Å². The smallest absolute Gasteiger partial charge is 0.259 e. The lowest BCUT2D eigenvalue weighted by molar-refractivity contribution is 0.102. The van der Waals surface area contributed by atoms with Gasteiger partial charge in [-0.15, -0.1) is 0 Å². The van der Waals surface area contributed by atoms with E-state index in [9.17, 15) is 4.79 Å². The van der Waals surface area contributed by atoms with Crippen LogP contribution in [0, 0.1) is 6.92 Å². The summed E-state index contributed by atoms with van der Waals surface area (Å²) in [6, 6.07) is 6.69. The summed E-state index contributed by atoms with van der Waals surface area (Å²) >= 11 is 11.9. The Morgan fingerprint density at radius 1 is 1.20 bits per heavy atom. The summed E-state index contributed by atoms with van der Waals surface area (Å²) in [6.45, 7) is 1.86. The van der Waals surface area contributed by atoms with Crippen LogP contribution < -0.4 is 10.6 Å². The van der Waals surface area contributed by atoms with Gasteiger partial charge in [0.25, 0.3) is 5.91 Å². The van der Waals surface area contributed by atoms with Crippen molar-refractivity contribution in [3.05, 3.63) is 51.8 Å². The van der Waals surface area contributed by atoms with Gasteiger partial charge in [-0.1, -0.05) is 23.2 Å². The molecule has 0 bridgehead atoms. The van der Waals surface area contributed by atoms with E-state index in [4.69, 9.17) is 23.2 Å². The molecule has 20 heavy (non-hydrogen) atoms. The Labute approximate surface area is 127 Å². The first-order chi connectivity index (χ1) is 9.51. The molecule has 1 aromatic carbocycles. The maximum absolute atomic E-state index is 12.3. The summed E-state index contributed by atoms with van der Waals surface area (Å²) in [6.07, 6.45) is 1.52. The third kappa shape index (κ3) is 3.21. The maximum Gasteiger partial charge on any atom is 0.259 e. The van der Waals surface area contributed by atoms with Crippen LogP contribution in [0.5, 0.6) is 0 Å². The number of nitrogens with one attached hydrogen (secondary N) is 2. The van der Waals surface area contributed by atoms with Crippen LogP contribution in [0.25, 0.3) is 0 Å². The van der Waals surface area contributed by atoms with Crippen LogP contribution >= 0.6 is 23.2 Å². The highest BCUT2D eigenvalue weighted by Gasteiger charge is 2.13. The fraction of sp³-hybridized carbons (Fsp3) is 0.143. The molecular weight excluding hydrogens is 297 g/mol. The number of anilines is 2. The number of pyridine rings is 1. The minimum Gasteiger partial charge on any atom is -0.387 e. The summed E-state index contributed by atoms with van der Waals surface area (Å²) < 4.78 is 0. The van der Waals surface area contributed by atoms with Gasteiger partial charge in [-0.25, -0.2) is 0 Å². The Balaban J connectivity index is 2.30. The van der Waals surface area contributed by atoms with E-state index in [-0.39, 0.29) is 5.91 Å². The first kappa shape index (κ1) is 14.6. The van der Waals surface area contributed by atoms with Crippen LogP contribution in [0.1, 0.15) is 16.1 Å². The zero-order chi connectivity index (χ0) is 14.7. The highest BCUT2D eigenvalue weighted by molar-refractivity contribution is 6.36. The van der Waals surface area contributed by atoms with Crippen molar-refractivity contribution in [2.75, 3.05) is 17.7 Å². The average Bonchev–Trinajstić information content (AvgIpc) is 2.42. The van der Waals surface area contributed by atoms with Crippen LogP contribution in [0.4, 0.5) is 11.4 Å². The van der Waals surface area contributed by atoms with Gasteiger partial charge in [0.15, 0.2) is 0 Å². The molecule has 1 amide bonds. The van der Waals surface area contributed by atoms with Crippen molar-refractivity contribution in [3.8, 4) is 0 Å². The molecule has 1 heterocycles. The second-order valence-electron chi connectivity index (χ2n) is 4.20. The quantitative estimate of drug-likeness (QED) is 0.901. The zero-order valence-electron chi connectivity index (χ0n) is 11.0. The van der Waals surface area contributed by atoms with Gasteiger partial charge in [0.05, 0.1) is 22.0 Å². The molecule has 0 atom stereocenters. The SMILES string of the molecule is CNc1cc(C)ncc1C(=O)Nc1cc(Cl)ccc1Cl. The van der Waals surface area contributed by atoms with Gasteiger partial charge in [0.1, 0.15) is 0 Å². The third-order valence-electron chi connectivity index (χ3n) is 2.73. The number of amides is 1. The van der Waals surface area contributed by atoms with Crippen LogP contribution in [-0.2, 0) is 0 Å². The molecule has 0 aliphatic heterocycles. The molecule has 6 heteroatoms. The topological polar surface area (TPSA) is 54.0 Å². The number of aromatic nitrogens is 1. The van der Waals surface area contributed by atoms with Gasteiger partial charge >= 0.3 is 0 Å². The van der Waals surface area contributed by atoms with E-state index in [0.29, 0.717) is 27.0 Å². The van der Waals surface area contributed by atoms with E-state index in [1.165, 1.54) is 6.20 Å². The van der Waals surface area contributed by atoms with Crippen molar-refractivity contribution in [2.24, 2.45) is 0 Å². The Hall–Kier alpha value is -1.78.